The Labute approximate surface area is 122 Å². The summed E-state index contributed by atoms with van der Waals surface area (Å²) >= 11 is 0. The van der Waals surface area contributed by atoms with Crippen molar-refractivity contribution in [3.8, 4) is 11.6 Å². The topological polar surface area (TPSA) is 47.0 Å². The van der Waals surface area contributed by atoms with Crippen molar-refractivity contribution in [2.24, 2.45) is 0 Å². The minimum Gasteiger partial charge on any atom is -0.434 e. The number of nitrogens with one attached hydrogen (secondary N) is 1. The zero-order chi connectivity index (χ0) is 15.4. The molecule has 0 aromatic carbocycles. The number of rotatable bonds is 5. The summed E-state index contributed by atoms with van der Waals surface area (Å²) in [4.78, 5) is 8.17. The van der Waals surface area contributed by atoms with Crippen LogP contribution in [-0.2, 0) is 6.42 Å². The lowest BCUT2D eigenvalue weighted by atomic mass is 10.2. The van der Waals surface area contributed by atoms with E-state index in [0.29, 0.717) is 24.4 Å². The number of aromatic nitrogens is 2. The zero-order valence-corrected chi connectivity index (χ0v) is 12.2. The molecule has 1 N–H and O–H groups in total. The molecule has 6 heteroatoms. The third kappa shape index (κ3) is 3.45. The van der Waals surface area contributed by atoms with E-state index in [-0.39, 0.29) is 11.7 Å². The fourth-order valence-corrected chi connectivity index (χ4v) is 1.86. The highest BCUT2D eigenvalue weighted by atomic mass is 19.1. The minimum absolute atomic E-state index is 0.0352. The number of hydrogen-bond acceptors (Lipinski definition) is 4. The van der Waals surface area contributed by atoms with Gasteiger partial charge in [-0.1, -0.05) is 6.92 Å². The van der Waals surface area contributed by atoms with Crippen molar-refractivity contribution in [2.75, 3.05) is 11.9 Å². The van der Waals surface area contributed by atoms with E-state index in [0.717, 1.165) is 11.8 Å². The first kappa shape index (κ1) is 15.2. The van der Waals surface area contributed by atoms with Crippen LogP contribution in [0.15, 0.2) is 18.2 Å². The average Bonchev–Trinajstić information content (AvgIpc) is 2.45. The van der Waals surface area contributed by atoms with Crippen LogP contribution in [0, 0.1) is 18.6 Å². The largest absolute Gasteiger partial charge is 0.434 e. The van der Waals surface area contributed by atoms with Gasteiger partial charge in [-0.15, -0.1) is 0 Å². The Morgan fingerprint density at radius 1 is 1.14 bits per heavy atom. The Hall–Kier alpha value is -2.24. The monoisotopic (exact) mass is 293 g/mol. The number of pyridine rings is 2. The molecule has 0 aliphatic rings. The molecule has 0 fully saturated rings. The number of halogens is 2. The predicted molar refractivity (Wildman–Crippen MR) is 76.7 cm³/mol. The Bertz CT molecular complexity index is 647. The van der Waals surface area contributed by atoms with Crippen LogP contribution in [0.5, 0.6) is 11.6 Å². The molecule has 21 heavy (non-hydrogen) atoms. The van der Waals surface area contributed by atoms with Gasteiger partial charge in [-0.3, -0.25) is 4.98 Å². The van der Waals surface area contributed by atoms with E-state index < -0.39 is 11.6 Å². The van der Waals surface area contributed by atoms with E-state index in [1.54, 1.807) is 19.1 Å². The predicted octanol–water partition coefficient (Wildman–Crippen LogP) is 3.85. The van der Waals surface area contributed by atoms with Crippen LogP contribution >= 0.6 is 0 Å². The normalized spacial score (nSPS) is 10.5. The van der Waals surface area contributed by atoms with Crippen LogP contribution in [0.2, 0.25) is 0 Å². The first-order valence-corrected chi connectivity index (χ1v) is 6.79. The van der Waals surface area contributed by atoms with Gasteiger partial charge in [0.05, 0.1) is 5.69 Å². The molecule has 0 aliphatic carbocycles. The molecule has 0 saturated carbocycles. The number of ether oxygens (including phenoxy) is 1. The van der Waals surface area contributed by atoms with E-state index in [1.165, 1.54) is 0 Å². The van der Waals surface area contributed by atoms with Gasteiger partial charge in [0, 0.05) is 18.3 Å². The maximum atomic E-state index is 13.8. The molecule has 0 unspecified atom stereocenters. The van der Waals surface area contributed by atoms with Crippen molar-refractivity contribution in [3.63, 3.8) is 0 Å². The standard InChI is InChI=1S/C15H17F2N3O/c1-4-12-13(7-6-9(3)19-12)21-15-11(17)8-10(16)14(20-15)18-5-2/h6-8H,4-5H2,1-3H3,(H,18,20). The van der Waals surface area contributed by atoms with Gasteiger partial charge < -0.3 is 10.1 Å². The fourth-order valence-electron chi connectivity index (χ4n) is 1.86. The second kappa shape index (κ2) is 6.47. The van der Waals surface area contributed by atoms with Crippen molar-refractivity contribution >= 4 is 5.82 Å². The van der Waals surface area contributed by atoms with Crippen LogP contribution in [0.4, 0.5) is 14.6 Å². The molecule has 0 amide bonds. The third-order valence-electron chi connectivity index (χ3n) is 2.85. The van der Waals surface area contributed by atoms with Crippen LogP contribution in [0.3, 0.4) is 0 Å². The van der Waals surface area contributed by atoms with Gasteiger partial charge in [-0.25, -0.2) is 8.78 Å². The molecule has 0 spiro atoms. The van der Waals surface area contributed by atoms with Crippen LogP contribution in [-0.4, -0.2) is 16.5 Å². The lowest BCUT2D eigenvalue weighted by molar-refractivity contribution is 0.412. The third-order valence-corrected chi connectivity index (χ3v) is 2.85. The number of anilines is 1. The second-order valence-electron chi connectivity index (χ2n) is 4.49. The maximum absolute atomic E-state index is 13.8. The molecule has 0 atom stereocenters. The van der Waals surface area contributed by atoms with E-state index in [9.17, 15) is 8.78 Å². The van der Waals surface area contributed by atoms with Crippen molar-refractivity contribution in [2.45, 2.75) is 27.2 Å². The summed E-state index contributed by atoms with van der Waals surface area (Å²) in [5, 5.41) is 2.72. The highest BCUT2D eigenvalue weighted by Gasteiger charge is 2.15. The van der Waals surface area contributed by atoms with Gasteiger partial charge in [0.25, 0.3) is 5.88 Å². The smallest absolute Gasteiger partial charge is 0.258 e. The lowest BCUT2D eigenvalue weighted by Gasteiger charge is -2.12. The molecule has 2 aromatic heterocycles. The lowest BCUT2D eigenvalue weighted by Crippen LogP contribution is -2.05. The number of aryl methyl sites for hydroxylation is 2. The molecule has 112 valence electrons. The Morgan fingerprint density at radius 3 is 2.57 bits per heavy atom. The zero-order valence-electron chi connectivity index (χ0n) is 12.2. The van der Waals surface area contributed by atoms with Crippen molar-refractivity contribution in [3.05, 3.63) is 41.2 Å². The fraction of sp³-hybridized carbons (Fsp3) is 0.333. The van der Waals surface area contributed by atoms with E-state index >= 15 is 0 Å². The Balaban J connectivity index is 2.37. The van der Waals surface area contributed by atoms with E-state index in [4.69, 9.17) is 4.74 Å². The van der Waals surface area contributed by atoms with Gasteiger partial charge in [0.15, 0.2) is 23.2 Å². The second-order valence-corrected chi connectivity index (χ2v) is 4.49. The van der Waals surface area contributed by atoms with Gasteiger partial charge in [0.1, 0.15) is 0 Å². The first-order valence-electron chi connectivity index (χ1n) is 6.79. The van der Waals surface area contributed by atoms with Crippen LogP contribution < -0.4 is 10.1 Å². The summed E-state index contributed by atoms with van der Waals surface area (Å²) in [7, 11) is 0. The highest BCUT2D eigenvalue weighted by molar-refractivity contribution is 5.41. The summed E-state index contributed by atoms with van der Waals surface area (Å²) in [6.45, 7) is 6.06. The molecule has 2 aromatic rings. The molecular formula is C15H17F2N3O. The van der Waals surface area contributed by atoms with Crippen LogP contribution in [0.1, 0.15) is 25.2 Å². The van der Waals surface area contributed by atoms with Crippen molar-refractivity contribution < 1.29 is 13.5 Å². The quantitative estimate of drug-likeness (QED) is 0.909. The van der Waals surface area contributed by atoms with Gasteiger partial charge in [-0.05, 0) is 32.4 Å². The Morgan fingerprint density at radius 2 is 1.90 bits per heavy atom. The molecule has 0 saturated heterocycles. The van der Waals surface area contributed by atoms with Gasteiger partial charge in [0.2, 0.25) is 0 Å². The molecule has 0 bridgehead atoms. The van der Waals surface area contributed by atoms with Crippen molar-refractivity contribution in [1.82, 2.24) is 9.97 Å². The van der Waals surface area contributed by atoms with E-state index in [2.05, 4.69) is 15.3 Å². The molecule has 2 rings (SSSR count). The highest BCUT2D eigenvalue weighted by Crippen LogP contribution is 2.28. The summed E-state index contributed by atoms with van der Waals surface area (Å²) in [6, 6.07) is 4.23. The first-order chi connectivity index (χ1) is 10.0. The minimum atomic E-state index is -0.850. The summed E-state index contributed by atoms with van der Waals surface area (Å²) < 4.78 is 32.8. The molecule has 2 heterocycles. The van der Waals surface area contributed by atoms with E-state index in [1.807, 2.05) is 13.8 Å². The van der Waals surface area contributed by atoms with Crippen LogP contribution in [0.25, 0.3) is 0 Å². The average molecular weight is 293 g/mol. The number of nitrogens with zero attached hydrogens (tertiary/aromatic N) is 2. The van der Waals surface area contributed by atoms with Gasteiger partial charge >= 0.3 is 0 Å². The molecule has 0 aliphatic heterocycles. The molecular weight excluding hydrogens is 276 g/mol. The number of hydrogen-bond donors (Lipinski definition) is 1. The van der Waals surface area contributed by atoms with Gasteiger partial charge in [-0.2, -0.15) is 4.98 Å². The van der Waals surface area contributed by atoms with Crippen molar-refractivity contribution in [1.29, 1.82) is 0 Å². The molecule has 0 radical (unpaired) electrons. The summed E-state index contributed by atoms with van der Waals surface area (Å²) in [5.74, 6) is -1.49. The summed E-state index contributed by atoms with van der Waals surface area (Å²) in [6.07, 6.45) is 0.639. The molecule has 4 nitrogen and oxygen atoms in total. The summed E-state index contributed by atoms with van der Waals surface area (Å²) in [5.41, 5.74) is 1.55. The Kier molecular flexibility index (Phi) is 4.67. The SMILES string of the molecule is CCNc1nc(Oc2ccc(C)nc2CC)c(F)cc1F. The maximum Gasteiger partial charge on any atom is 0.258 e.